The van der Waals surface area contributed by atoms with Gasteiger partial charge in [-0.15, -0.1) is 12.4 Å². The van der Waals surface area contributed by atoms with Crippen molar-refractivity contribution in [2.45, 2.75) is 32.2 Å². The van der Waals surface area contributed by atoms with Crippen LogP contribution in [0.2, 0.25) is 5.02 Å². The first-order valence-corrected chi connectivity index (χ1v) is 7.29. The van der Waals surface area contributed by atoms with E-state index in [1.165, 1.54) is 6.42 Å². The Bertz CT molecular complexity index is 434. The molecule has 3 nitrogen and oxygen atoms in total. The molecule has 1 saturated heterocycles. The second kappa shape index (κ2) is 8.50. The molecule has 0 saturated carbocycles. The lowest BCUT2D eigenvalue weighted by molar-refractivity contribution is -0.122. The summed E-state index contributed by atoms with van der Waals surface area (Å²) in [7, 11) is 0. The molecule has 1 aliphatic rings. The van der Waals surface area contributed by atoms with Gasteiger partial charge in [-0.2, -0.15) is 0 Å². The van der Waals surface area contributed by atoms with Crippen molar-refractivity contribution in [1.82, 2.24) is 10.6 Å². The number of rotatable bonds is 5. The molecule has 2 atom stereocenters. The van der Waals surface area contributed by atoms with E-state index in [9.17, 15) is 4.79 Å². The Balaban J connectivity index is 0.00000200. The lowest BCUT2D eigenvalue weighted by Gasteiger charge is -2.16. The van der Waals surface area contributed by atoms with Gasteiger partial charge in [-0.05, 0) is 50.4 Å². The molecule has 1 aliphatic heterocycles. The lowest BCUT2D eigenvalue weighted by Crippen LogP contribution is -2.27. The Morgan fingerprint density at radius 1 is 1.50 bits per heavy atom. The first-order valence-electron chi connectivity index (χ1n) is 6.91. The van der Waals surface area contributed by atoms with Crippen molar-refractivity contribution in [3.8, 4) is 0 Å². The molecule has 112 valence electrons. The highest BCUT2D eigenvalue weighted by Crippen LogP contribution is 2.22. The van der Waals surface area contributed by atoms with Gasteiger partial charge in [0.15, 0.2) is 0 Å². The van der Waals surface area contributed by atoms with Gasteiger partial charge in [0.25, 0.3) is 0 Å². The SMILES string of the molecule is CC(NC(=O)CCC1CCNC1)c1ccccc1Cl.Cl. The number of hydrogen-bond acceptors (Lipinski definition) is 2. The van der Waals surface area contributed by atoms with Crippen molar-refractivity contribution in [1.29, 1.82) is 0 Å². The minimum Gasteiger partial charge on any atom is -0.350 e. The van der Waals surface area contributed by atoms with E-state index in [1.807, 2.05) is 31.2 Å². The summed E-state index contributed by atoms with van der Waals surface area (Å²) in [6, 6.07) is 7.60. The predicted octanol–water partition coefficient (Wildman–Crippen LogP) is 3.33. The molecule has 5 heteroatoms. The molecule has 20 heavy (non-hydrogen) atoms. The molecule has 0 radical (unpaired) electrons. The number of carbonyl (C=O) groups excluding carboxylic acids is 1. The van der Waals surface area contributed by atoms with Crippen molar-refractivity contribution in [2.75, 3.05) is 13.1 Å². The molecule has 0 bridgehead atoms. The summed E-state index contributed by atoms with van der Waals surface area (Å²) in [5.41, 5.74) is 0.972. The molecule has 1 amide bonds. The third-order valence-corrected chi connectivity index (χ3v) is 4.04. The molecule has 2 N–H and O–H groups in total. The molecule has 2 rings (SSSR count). The Labute approximate surface area is 131 Å². The smallest absolute Gasteiger partial charge is 0.220 e. The van der Waals surface area contributed by atoms with E-state index in [0.717, 1.165) is 25.1 Å². The lowest BCUT2D eigenvalue weighted by atomic mass is 10.0. The normalized spacial score (nSPS) is 19.2. The zero-order chi connectivity index (χ0) is 13.7. The average molecular weight is 317 g/mol. The fourth-order valence-electron chi connectivity index (χ4n) is 2.51. The summed E-state index contributed by atoms with van der Waals surface area (Å²) in [5.74, 6) is 0.765. The highest BCUT2D eigenvalue weighted by atomic mass is 35.5. The maximum absolute atomic E-state index is 11.9. The molecule has 0 spiro atoms. The fraction of sp³-hybridized carbons (Fsp3) is 0.533. The summed E-state index contributed by atoms with van der Waals surface area (Å²) < 4.78 is 0. The zero-order valence-corrected chi connectivity index (χ0v) is 13.3. The third-order valence-electron chi connectivity index (χ3n) is 3.69. The van der Waals surface area contributed by atoms with Crippen LogP contribution in [0.5, 0.6) is 0 Å². The quantitative estimate of drug-likeness (QED) is 0.874. The van der Waals surface area contributed by atoms with Crippen LogP contribution >= 0.6 is 24.0 Å². The molecule has 0 aliphatic carbocycles. The van der Waals surface area contributed by atoms with Crippen molar-refractivity contribution in [3.05, 3.63) is 34.9 Å². The molecule has 1 heterocycles. The highest BCUT2D eigenvalue weighted by Gasteiger charge is 2.17. The monoisotopic (exact) mass is 316 g/mol. The first-order chi connectivity index (χ1) is 9.16. The van der Waals surface area contributed by atoms with Gasteiger partial charge in [0.1, 0.15) is 0 Å². The van der Waals surface area contributed by atoms with Gasteiger partial charge in [0.05, 0.1) is 6.04 Å². The number of amides is 1. The van der Waals surface area contributed by atoms with E-state index in [0.29, 0.717) is 17.4 Å². The van der Waals surface area contributed by atoms with Gasteiger partial charge in [-0.25, -0.2) is 0 Å². The van der Waals surface area contributed by atoms with Gasteiger partial charge in [0, 0.05) is 11.4 Å². The van der Waals surface area contributed by atoms with Crippen molar-refractivity contribution in [2.24, 2.45) is 5.92 Å². The maximum Gasteiger partial charge on any atom is 0.220 e. The van der Waals surface area contributed by atoms with Gasteiger partial charge in [-0.1, -0.05) is 29.8 Å². The van der Waals surface area contributed by atoms with Crippen LogP contribution in [0, 0.1) is 5.92 Å². The Morgan fingerprint density at radius 3 is 2.90 bits per heavy atom. The van der Waals surface area contributed by atoms with Crippen LogP contribution in [0.15, 0.2) is 24.3 Å². The van der Waals surface area contributed by atoms with E-state index in [2.05, 4.69) is 10.6 Å². The van der Waals surface area contributed by atoms with E-state index in [-0.39, 0.29) is 24.4 Å². The molecule has 1 aromatic rings. The number of benzene rings is 1. The van der Waals surface area contributed by atoms with Crippen LogP contribution in [0.4, 0.5) is 0 Å². The van der Waals surface area contributed by atoms with Gasteiger partial charge >= 0.3 is 0 Å². The van der Waals surface area contributed by atoms with Crippen LogP contribution in [-0.4, -0.2) is 19.0 Å². The molecule has 1 aromatic carbocycles. The molecular weight excluding hydrogens is 295 g/mol. The summed E-state index contributed by atoms with van der Waals surface area (Å²) in [4.78, 5) is 11.9. The van der Waals surface area contributed by atoms with Crippen molar-refractivity contribution in [3.63, 3.8) is 0 Å². The summed E-state index contributed by atoms with van der Waals surface area (Å²) in [6.45, 7) is 4.10. The largest absolute Gasteiger partial charge is 0.350 e. The maximum atomic E-state index is 11.9. The third kappa shape index (κ3) is 4.97. The zero-order valence-electron chi connectivity index (χ0n) is 11.7. The van der Waals surface area contributed by atoms with Crippen LogP contribution in [-0.2, 0) is 4.79 Å². The number of hydrogen-bond donors (Lipinski definition) is 2. The van der Waals surface area contributed by atoms with E-state index in [4.69, 9.17) is 11.6 Å². The molecular formula is C15H22Cl2N2O. The van der Waals surface area contributed by atoms with E-state index < -0.39 is 0 Å². The standard InChI is InChI=1S/C15H21ClN2O.ClH/c1-11(13-4-2-3-5-14(13)16)18-15(19)7-6-12-8-9-17-10-12;/h2-5,11-12,17H,6-10H2,1H3,(H,18,19);1H. The van der Waals surface area contributed by atoms with E-state index in [1.54, 1.807) is 0 Å². The van der Waals surface area contributed by atoms with Crippen LogP contribution in [0.1, 0.15) is 37.8 Å². The van der Waals surface area contributed by atoms with Crippen molar-refractivity contribution < 1.29 is 4.79 Å². The number of halogens is 2. The Hall–Kier alpha value is -0.770. The number of carbonyl (C=O) groups is 1. The highest BCUT2D eigenvalue weighted by molar-refractivity contribution is 6.31. The second-order valence-corrected chi connectivity index (χ2v) is 5.62. The van der Waals surface area contributed by atoms with Crippen LogP contribution in [0.3, 0.4) is 0 Å². The van der Waals surface area contributed by atoms with Crippen LogP contribution < -0.4 is 10.6 Å². The Morgan fingerprint density at radius 2 is 2.25 bits per heavy atom. The summed E-state index contributed by atoms with van der Waals surface area (Å²) in [5, 5.41) is 7.04. The molecule has 2 unspecified atom stereocenters. The van der Waals surface area contributed by atoms with Gasteiger partial charge in [0.2, 0.25) is 5.91 Å². The van der Waals surface area contributed by atoms with Gasteiger partial charge in [-0.3, -0.25) is 4.79 Å². The fourth-order valence-corrected chi connectivity index (χ4v) is 2.81. The summed E-state index contributed by atoms with van der Waals surface area (Å²) in [6.07, 6.45) is 2.75. The minimum atomic E-state index is -0.0390. The Kier molecular flexibility index (Phi) is 7.35. The van der Waals surface area contributed by atoms with Crippen molar-refractivity contribution >= 4 is 29.9 Å². The first kappa shape index (κ1) is 17.3. The number of nitrogens with one attached hydrogen (secondary N) is 2. The predicted molar refractivity (Wildman–Crippen MR) is 85.5 cm³/mol. The topological polar surface area (TPSA) is 41.1 Å². The molecule has 1 fully saturated rings. The summed E-state index contributed by atoms with van der Waals surface area (Å²) >= 11 is 6.12. The minimum absolute atomic E-state index is 0. The van der Waals surface area contributed by atoms with E-state index >= 15 is 0 Å². The average Bonchev–Trinajstić information content (AvgIpc) is 2.90. The molecule has 0 aromatic heterocycles. The van der Waals surface area contributed by atoms with Crippen LogP contribution in [0.25, 0.3) is 0 Å². The van der Waals surface area contributed by atoms with Gasteiger partial charge < -0.3 is 10.6 Å². The second-order valence-electron chi connectivity index (χ2n) is 5.21.